The van der Waals surface area contributed by atoms with Crippen LogP contribution in [0.25, 0.3) is 0 Å². The number of sulfone groups is 1. The molecule has 0 fully saturated rings. The Morgan fingerprint density at radius 1 is 1.44 bits per heavy atom. The van der Waals surface area contributed by atoms with Crippen LogP contribution in [-0.2, 0) is 14.6 Å². The quantitative estimate of drug-likeness (QED) is 0.705. The van der Waals surface area contributed by atoms with Gasteiger partial charge in [-0.1, -0.05) is 12.2 Å². The third-order valence-corrected chi connectivity index (χ3v) is 4.72. The van der Waals surface area contributed by atoms with E-state index in [2.05, 4.69) is 12.2 Å². The van der Waals surface area contributed by atoms with Crippen LogP contribution in [0.1, 0.15) is 20.3 Å². The van der Waals surface area contributed by atoms with Crippen LogP contribution in [-0.4, -0.2) is 48.8 Å². The SMILES string of the molecule is CN(CCC(N)=S)C(=O)C(C)(C)S(C)(=O)=O. The minimum Gasteiger partial charge on any atom is -0.393 e. The number of carbonyl (C=O) groups is 1. The zero-order chi connectivity index (χ0) is 13.1. The number of amides is 1. The highest BCUT2D eigenvalue weighted by molar-refractivity contribution is 7.92. The molecule has 0 rings (SSSR count). The van der Waals surface area contributed by atoms with E-state index < -0.39 is 20.5 Å². The maximum atomic E-state index is 11.9. The summed E-state index contributed by atoms with van der Waals surface area (Å²) in [6, 6.07) is 0. The van der Waals surface area contributed by atoms with Gasteiger partial charge < -0.3 is 10.6 Å². The molecule has 0 aliphatic rings. The number of hydrogen-bond donors (Lipinski definition) is 1. The van der Waals surface area contributed by atoms with Crippen LogP contribution >= 0.6 is 12.2 Å². The van der Waals surface area contributed by atoms with Gasteiger partial charge in [0.2, 0.25) is 5.91 Å². The van der Waals surface area contributed by atoms with Crippen molar-refractivity contribution in [2.75, 3.05) is 19.8 Å². The van der Waals surface area contributed by atoms with Gasteiger partial charge >= 0.3 is 0 Å². The number of nitrogens with zero attached hydrogens (tertiary/aromatic N) is 1. The highest BCUT2D eigenvalue weighted by Crippen LogP contribution is 2.18. The van der Waals surface area contributed by atoms with Crippen LogP contribution in [0.3, 0.4) is 0 Å². The molecular formula is C9H18N2O3S2. The van der Waals surface area contributed by atoms with Gasteiger partial charge in [0, 0.05) is 26.3 Å². The Morgan fingerprint density at radius 3 is 2.19 bits per heavy atom. The summed E-state index contributed by atoms with van der Waals surface area (Å²) < 4.78 is 21.5. The van der Waals surface area contributed by atoms with Crippen molar-refractivity contribution in [3.8, 4) is 0 Å². The van der Waals surface area contributed by atoms with E-state index in [9.17, 15) is 13.2 Å². The number of rotatable bonds is 5. The first-order chi connectivity index (χ1) is 7.00. The summed E-state index contributed by atoms with van der Waals surface area (Å²) >= 11 is 4.69. The summed E-state index contributed by atoms with van der Waals surface area (Å²) in [7, 11) is -1.91. The molecule has 0 aromatic rings. The lowest BCUT2D eigenvalue weighted by Crippen LogP contribution is -2.48. The third kappa shape index (κ3) is 3.71. The second kappa shape index (κ2) is 5.09. The molecule has 0 saturated carbocycles. The Balaban J connectivity index is 4.74. The molecule has 0 aromatic heterocycles. The molecule has 0 saturated heterocycles. The molecule has 16 heavy (non-hydrogen) atoms. The van der Waals surface area contributed by atoms with Gasteiger partial charge in [0.1, 0.15) is 4.75 Å². The van der Waals surface area contributed by atoms with Gasteiger partial charge in [-0.15, -0.1) is 0 Å². The van der Waals surface area contributed by atoms with Crippen LogP contribution in [0.15, 0.2) is 0 Å². The fraction of sp³-hybridized carbons (Fsp3) is 0.778. The largest absolute Gasteiger partial charge is 0.393 e. The van der Waals surface area contributed by atoms with Gasteiger partial charge in [-0.2, -0.15) is 0 Å². The van der Waals surface area contributed by atoms with Crippen LogP contribution in [0.4, 0.5) is 0 Å². The Labute approximate surface area is 102 Å². The highest BCUT2D eigenvalue weighted by atomic mass is 32.2. The van der Waals surface area contributed by atoms with Crippen molar-refractivity contribution in [1.82, 2.24) is 4.90 Å². The average Bonchev–Trinajstić information content (AvgIpc) is 2.10. The van der Waals surface area contributed by atoms with E-state index in [1.54, 1.807) is 0 Å². The van der Waals surface area contributed by atoms with Crippen molar-refractivity contribution in [2.45, 2.75) is 25.0 Å². The van der Waals surface area contributed by atoms with E-state index in [0.717, 1.165) is 6.26 Å². The average molecular weight is 266 g/mol. The molecule has 0 bridgehead atoms. The molecule has 1 amide bonds. The standard InChI is InChI=1S/C9H18N2O3S2/c1-9(2,16(4,13)14)8(12)11(3)6-5-7(10)15/h5-6H2,1-4H3,(H2,10,15). The van der Waals surface area contributed by atoms with Gasteiger partial charge in [-0.25, -0.2) is 8.42 Å². The summed E-state index contributed by atoms with van der Waals surface area (Å²) in [6.07, 6.45) is 1.43. The molecule has 0 unspecified atom stereocenters. The molecule has 0 aliphatic carbocycles. The molecule has 2 N–H and O–H groups in total. The second-order valence-electron chi connectivity index (χ2n) is 4.23. The van der Waals surface area contributed by atoms with Gasteiger partial charge in [0.15, 0.2) is 9.84 Å². The van der Waals surface area contributed by atoms with Gasteiger partial charge in [-0.3, -0.25) is 4.79 Å². The number of carbonyl (C=O) groups excluding carboxylic acids is 1. The predicted molar refractivity (Wildman–Crippen MR) is 68.0 cm³/mol. The Kier molecular flexibility index (Phi) is 4.87. The van der Waals surface area contributed by atoms with Crippen molar-refractivity contribution in [2.24, 2.45) is 5.73 Å². The summed E-state index contributed by atoms with van der Waals surface area (Å²) in [5.74, 6) is -0.453. The number of hydrogen-bond acceptors (Lipinski definition) is 4. The molecule has 94 valence electrons. The number of nitrogens with two attached hydrogens (primary N) is 1. The first-order valence-electron chi connectivity index (χ1n) is 4.73. The molecule has 0 heterocycles. The molecule has 0 spiro atoms. The molecule has 5 nitrogen and oxygen atoms in total. The lowest BCUT2D eigenvalue weighted by molar-refractivity contribution is -0.131. The first-order valence-corrected chi connectivity index (χ1v) is 7.03. The zero-order valence-corrected chi connectivity index (χ0v) is 11.6. The summed E-state index contributed by atoms with van der Waals surface area (Å²) in [5.41, 5.74) is 5.31. The highest BCUT2D eigenvalue weighted by Gasteiger charge is 2.40. The number of thiocarbonyl (C=S) groups is 1. The minimum absolute atomic E-state index is 0.303. The Hall–Kier alpha value is -0.690. The van der Waals surface area contributed by atoms with Crippen LogP contribution in [0.5, 0.6) is 0 Å². The third-order valence-electron chi connectivity index (χ3n) is 2.48. The molecular weight excluding hydrogens is 248 g/mol. The lowest BCUT2D eigenvalue weighted by Gasteiger charge is -2.27. The van der Waals surface area contributed by atoms with Crippen molar-refractivity contribution < 1.29 is 13.2 Å². The van der Waals surface area contributed by atoms with Gasteiger partial charge in [0.25, 0.3) is 0 Å². The van der Waals surface area contributed by atoms with Crippen molar-refractivity contribution in [3.05, 3.63) is 0 Å². The maximum Gasteiger partial charge on any atom is 0.243 e. The van der Waals surface area contributed by atoms with Gasteiger partial charge in [-0.05, 0) is 13.8 Å². The Morgan fingerprint density at radius 2 is 1.88 bits per heavy atom. The van der Waals surface area contributed by atoms with Crippen LogP contribution in [0.2, 0.25) is 0 Å². The van der Waals surface area contributed by atoms with E-state index in [0.29, 0.717) is 18.0 Å². The molecule has 0 atom stereocenters. The van der Waals surface area contributed by atoms with Crippen molar-refractivity contribution in [3.63, 3.8) is 0 Å². The maximum absolute atomic E-state index is 11.9. The van der Waals surface area contributed by atoms with E-state index in [-0.39, 0.29) is 0 Å². The summed E-state index contributed by atoms with van der Waals surface area (Å²) in [4.78, 5) is 13.5. The van der Waals surface area contributed by atoms with E-state index >= 15 is 0 Å². The van der Waals surface area contributed by atoms with Crippen molar-refractivity contribution >= 4 is 33.0 Å². The smallest absolute Gasteiger partial charge is 0.243 e. The molecule has 0 radical (unpaired) electrons. The zero-order valence-electron chi connectivity index (χ0n) is 9.98. The Bertz CT molecular complexity index is 388. The lowest BCUT2D eigenvalue weighted by atomic mass is 10.2. The molecule has 7 heteroatoms. The van der Waals surface area contributed by atoms with Crippen LogP contribution in [0, 0.1) is 0 Å². The first kappa shape index (κ1) is 15.3. The predicted octanol–water partition coefficient (Wildman–Crippen LogP) is -0.0558. The summed E-state index contributed by atoms with van der Waals surface area (Å²) in [5, 5.41) is 0. The summed E-state index contributed by atoms with van der Waals surface area (Å²) in [6.45, 7) is 3.11. The van der Waals surface area contributed by atoms with E-state index in [1.165, 1.54) is 25.8 Å². The van der Waals surface area contributed by atoms with E-state index in [1.807, 2.05) is 0 Å². The second-order valence-corrected chi connectivity index (χ2v) is 7.31. The minimum atomic E-state index is -3.44. The van der Waals surface area contributed by atoms with Crippen molar-refractivity contribution in [1.29, 1.82) is 0 Å². The molecule has 0 aliphatic heterocycles. The van der Waals surface area contributed by atoms with Gasteiger partial charge in [0.05, 0.1) is 4.99 Å². The van der Waals surface area contributed by atoms with Crippen LogP contribution < -0.4 is 5.73 Å². The fourth-order valence-corrected chi connectivity index (χ4v) is 1.56. The molecule has 0 aromatic carbocycles. The fourth-order valence-electron chi connectivity index (χ4n) is 0.998. The monoisotopic (exact) mass is 266 g/mol. The normalized spacial score (nSPS) is 12.2. The van der Waals surface area contributed by atoms with E-state index in [4.69, 9.17) is 5.73 Å². The topological polar surface area (TPSA) is 80.5 Å².